The van der Waals surface area contributed by atoms with E-state index >= 15 is 0 Å². The van der Waals surface area contributed by atoms with Gasteiger partial charge in [-0.2, -0.15) is 12.6 Å². The molecule has 1 rings (SSSR count). The second kappa shape index (κ2) is 7.48. The lowest BCUT2D eigenvalue weighted by Gasteiger charge is -2.15. The molecule has 0 aliphatic rings. The van der Waals surface area contributed by atoms with E-state index in [-0.39, 0.29) is 27.7 Å². The third-order valence-corrected chi connectivity index (χ3v) is 4.05. The molecule has 7 nitrogen and oxygen atoms in total. The minimum Gasteiger partial charge on any atom is -0.478 e. The molecule has 0 heterocycles. The summed E-state index contributed by atoms with van der Waals surface area (Å²) in [5, 5.41) is 38.9. The number of aromatic carboxylic acids is 1. The largest absolute Gasteiger partial charge is 0.478 e. The van der Waals surface area contributed by atoms with E-state index in [9.17, 15) is 25.1 Å². The molecule has 0 aromatic heterocycles. The van der Waals surface area contributed by atoms with Crippen molar-refractivity contribution in [3.8, 4) is 0 Å². The highest BCUT2D eigenvalue weighted by molar-refractivity contribution is 7.99. The number of carboxylic acid groups (broad SMARTS) is 1. The predicted octanol–water partition coefficient (Wildman–Crippen LogP) is 1.04. The molecular formula is C11H13NO6S2. The Labute approximate surface area is 124 Å². The van der Waals surface area contributed by atoms with Crippen molar-refractivity contribution in [3.63, 3.8) is 0 Å². The van der Waals surface area contributed by atoms with Crippen LogP contribution in [-0.4, -0.2) is 49.9 Å². The first kappa shape index (κ1) is 16.8. The lowest BCUT2D eigenvalue weighted by molar-refractivity contribution is -0.387. The van der Waals surface area contributed by atoms with Crippen molar-refractivity contribution in [2.24, 2.45) is 0 Å². The molecule has 2 atom stereocenters. The summed E-state index contributed by atoms with van der Waals surface area (Å²) in [6, 6.07) is 3.72. The number of benzene rings is 1. The first-order valence-corrected chi connectivity index (χ1v) is 7.10. The molecule has 0 radical (unpaired) electrons. The maximum atomic E-state index is 11.1. The van der Waals surface area contributed by atoms with Crippen LogP contribution in [0.4, 0.5) is 5.69 Å². The van der Waals surface area contributed by atoms with Gasteiger partial charge in [-0.05, 0) is 6.07 Å². The maximum Gasteiger partial charge on any atom is 0.337 e. The van der Waals surface area contributed by atoms with Gasteiger partial charge in [0, 0.05) is 17.6 Å². The highest BCUT2D eigenvalue weighted by Gasteiger charge is 2.24. The van der Waals surface area contributed by atoms with Gasteiger partial charge < -0.3 is 15.3 Å². The Morgan fingerprint density at radius 2 is 2.05 bits per heavy atom. The second-order valence-corrected chi connectivity index (χ2v) is 5.24. The van der Waals surface area contributed by atoms with E-state index in [4.69, 9.17) is 5.11 Å². The molecule has 0 fully saturated rings. The third kappa shape index (κ3) is 4.10. The van der Waals surface area contributed by atoms with Crippen LogP contribution in [0.2, 0.25) is 0 Å². The molecule has 0 saturated heterocycles. The Morgan fingerprint density at radius 3 is 2.55 bits per heavy atom. The normalized spacial score (nSPS) is 13.8. The molecule has 2 unspecified atom stereocenters. The maximum absolute atomic E-state index is 11.1. The molecule has 3 N–H and O–H groups in total. The van der Waals surface area contributed by atoms with Gasteiger partial charge >= 0.3 is 5.97 Å². The second-order valence-electron chi connectivity index (χ2n) is 3.84. The fourth-order valence-corrected chi connectivity index (χ4v) is 2.79. The van der Waals surface area contributed by atoms with Gasteiger partial charge in [0.05, 0.1) is 27.6 Å². The van der Waals surface area contributed by atoms with E-state index in [1.165, 1.54) is 18.2 Å². The highest BCUT2D eigenvalue weighted by Crippen LogP contribution is 2.33. The van der Waals surface area contributed by atoms with Crippen LogP contribution in [0.5, 0.6) is 0 Å². The Morgan fingerprint density at radius 1 is 1.40 bits per heavy atom. The molecule has 0 amide bonds. The van der Waals surface area contributed by atoms with Crippen molar-refractivity contribution in [2.45, 2.75) is 17.1 Å². The van der Waals surface area contributed by atoms with Crippen LogP contribution in [0.25, 0.3) is 0 Å². The van der Waals surface area contributed by atoms with Crippen molar-refractivity contribution in [1.82, 2.24) is 0 Å². The van der Waals surface area contributed by atoms with Crippen molar-refractivity contribution in [2.75, 3.05) is 11.5 Å². The molecule has 1 aromatic rings. The monoisotopic (exact) mass is 319 g/mol. The first-order chi connectivity index (χ1) is 9.38. The number of nitro benzene ring substituents is 1. The summed E-state index contributed by atoms with van der Waals surface area (Å²) in [7, 11) is 0. The zero-order valence-corrected chi connectivity index (χ0v) is 11.9. The number of thioether (sulfide) groups is 1. The SMILES string of the molecule is O=C(O)c1cccc([N+](=O)[O-])c1SCC(O)C(O)CS. The number of nitrogens with zero attached hydrogens (tertiary/aromatic N) is 1. The zero-order valence-electron chi connectivity index (χ0n) is 10.2. The van der Waals surface area contributed by atoms with Crippen molar-refractivity contribution >= 4 is 36.0 Å². The van der Waals surface area contributed by atoms with E-state index in [0.29, 0.717) is 0 Å². The Hall–Kier alpha value is -1.29. The van der Waals surface area contributed by atoms with E-state index in [0.717, 1.165) is 11.8 Å². The fourth-order valence-electron chi connectivity index (χ4n) is 1.39. The topological polar surface area (TPSA) is 121 Å². The third-order valence-electron chi connectivity index (χ3n) is 2.45. The van der Waals surface area contributed by atoms with E-state index < -0.39 is 23.1 Å². The molecule has 1 aromatic carbocycles. The van der Waals surface area contributed by atoms with E-state index in [1.54, 1.807) is 0 Å². The zero-order chi connectivity index (χ0) is 15.3. The van der Waals surface area contributed by atoms with Gasteiger partial charge in [-0.25, -0.2) is 4.79 Å². The van der Waals surface area contributed by atoms with Gasteiger partial charge in [0.15, 0.2) is 0 Å². The van der Waals surface area contributed by atoms with Gasteiger partial charge in [-0.15, -0.1) is 11.8 Å². The Kier molecular flexibility index (Phi) is 6.27. The number of hydrogen-bond acceptors (Lipinski definition) is 7. The summed E-state index contributed by atoms with van der Waals surface area (Å²) in [6.45, 7) is 0. The number of aliphatic hydroxyl groups is 2. The molecule has 9 heteroatoms. The van der Waals surface area contributed by atoms with Crippen molar-refractivity contribution in [3.05, 3.63) is 33.9 Å². The highest BCUT2D eigenvalue weighted by atomic mass is 32.2. The van der Waals surface area contributed by atoms with Crippen LogP contribution in [0.1, 0.15) is 10.4 Å². The van der Waals surface area contributed by atoms with Gasteiger partial charge in [0.1, 0.15) is 0 Å². The minimum atomic E-state index is -1.29. The number of thiol groups is 1. The predicted molar refractivity (Wildman–Crippen MR) is 76.6 cm³/mol. The lowest BCUT2D eigenvalue weighted by Crippen LogP contribution is -2.29. The molecular weight excluding hydrogens is 306 g/mol. The van der Waals surface area contributed by atoms with Gasteiger partial charge in [0.25, 0.3) is 5.69 Å². The summed E-state index contributed by atoms with van der Waals surface area (Å²) in [5.41, 5.74) is -0.556. The number of carbonyl (C=O) groups is 1. The Balaban J connectivity index is 3.02. The van der Waals surface area contributed by atoms with Gasteiger partial charge in [-0.1, -0.05) is 6.07 Å². The summed E-state index contributed by atoms with van der Waals surface area (Å²) in [6.07, 6.45) is -2.24. The smallest absolute Gasteiger partial charge is 0.337 e. The molecule has 0 bridgehead atoms. The summed E-state index contributed by atoms with van der Waals surface area (Å²) < 4.78 is 0. The quantitative estimate of drug-likeness (QED) is 0.256. The lowest BCUT2D eigenvalue weighted by atomic mass is 10.2. The average molecular weight is 319 g/mol. The van der Waals surface area contributed by atoms with Crippen LogP contribution in [0.15, 0.2) is 23.1 Å². The van der Waals surface area contributed by atoms with Crippen LogP contribution in [0, 0.1) is 10.1 Å². The molecule has 0 spiro atoms. The fraction of sp³-hybridized carbons (Fsp3) is 0.364. The van der Waals surface area contributed by atoms with Gasteiger partial charge in [0.2, 0.25) is 0 Å². The molecule has 110 valence electrons. The first-order valence-electron chi connectivity index (χ1n) is 5.49. The van der Waals surface area contributed by atoms with Crippen LogP contribution >= 0.6 is 24.4 Å². The van der Waals surface area contributed by atoms with Crippen LogP contribution in [0.3, 0.4) is 0 Å². The Bertz CT molecular complexity index is 477. The summed E-state index contributed by atoms with van der Waals surface area (Å²) in [5.74, 6) is -1.34. The number of rotatable bonds is 7. The average Bonchev–Trinajstić information content (AvgIpc) is 2.42. The minimum absolute atomic E-state index is 0.0321. The number of hydrogen-bond donors (Lipinski definition) is 4. The standard InChI is InChI=1S/C11H13NO6S2/c13-8(4-19)9(14)5-20-10-6(11(15)16)2-1-3-7(10)12(17)18/h1-3,8-9,13-14,19H,4-5H2,(H,15,16). The van der Waals surface area contributed by atoms with Crippen molar-refractivity contribution < 1.29 is 25.0 Å². The number of aliphatic hydroxyl groups excluding tert-OH is 2. The van der Waals surface area contributed by atoms with E-state index in [1.807, 2.05) is 0 Å². The van der Waals surface area contributed by atoms with Gasteiger partial charge in [-0.3, -0.25) is 10.1 Å². The number of carboxylic acids is 1. The number of nitro groups is 1. The molecule has 0 aliphatic heterocycles. The van der Waals surface area contributed by atoms with Crippen LogP contribution < -0.4 is 0 Å². The molecule has 0 saturated carbocycles. The molecule has 0 aliphatic carbocycles. The van der Waals surface area contributed by atoms with Crippen LogP contribution in [-0.2, 0) is 0 Å². The van der Waals surface area contributed by atoms with Crippen molar-refractivity contribution in [1.29, 1.82) is 0 Å². The summed E-state index contributed by atoms with van der Waals surface area (Å²) in [4.78, 5) is 21.2. The molecule has 20 heavy (non-hydrogen) atoms. The summed E-state index contributed by atoms with van der Waals surface area (Å²) >= 11 is 4.64. The van der Waals surface area contributed by atoms with E-state index in [2.05, 4.69) is 12.6 Å².